The summed E-state index contributed by atoms with van der Waals surface area (Å²) in [4.78, 5) is 24.5. The van der Waals surface area contributed by atoms with Gasteiger partial charge in [0.05, 0.1) is 4.90 Å². The Kier molecular flexibility index (Phi) is 7.35. The first-order valence-electron chi connectivity index (χ1n) is 8.87. The van der Waals surface area contributed by atoms with E-state index in [2.05, 4.69) is 5.32 Å². The summed E-state index contributed by atoms with van der Waals surface area (Å²) in [5, 5.41) is 2.55. The molecule has 156 valence electrons. The molecular weight excluding hydrogens is 396 g/mol. The first-order valence-corrected chi connectivity index (χ1v) is 10.3. The van der Waals surface area contributed by atoms with Gasteiger partial charge in [-0.05, 0) is 44.2 Å². The minimum absolute atomic E-state index is 0.0369. The van der Waals surface area contributed by atoms with Gasteiger partial charge in [-0.1, -0.05) is 24.3 Å². The monoisotopic (exact) mass is 420 g/mol. The Morgan fingerprint density at radius 1 is 0.966 bits per heavy atom. The molecule has 29 heavy (non-hydrogen) atoms. The second-order valence-corrected chi connectivity index (χ2v) is 8.61. The Balaban J connectivity index is 1.98. The molecule has 0 saturated heterocycles. The summed E-state index contributed by atoms with van der Waals surface area (Å²) in [5.74, 6) is -0.780. The SMILES string of the molecule is C[C@@H](OC(=O)[C@@H](C)Oc1ccccc1)C(=O)Nc1cccc(S(=O)(=O)N(C)C)c1. The van der Waals surface area contributed by atoms with E-state index in [1.807, 2.05) is 6.07 Å². The van der Waals surface area contributed by atoms with Gasteiger partial charge < -0.3 is 14.8 Å². The standard InChI is InChI=1S/C20H24N2O6S/c1-14(28-20(24)15(2)27-17-10-6-5-7-11-17)19(23)21-16-9-8-12-18(13-16)29(25,26)22(3)4/h5-15H,1-4H3,(H,21,23)/t14-,15-/m1/s1. The zero-order chi connectivity index (χ0) is 21.6. The summed E-state index contributed by atoms with van der Waals surface area (Å²) in [6.45, 7) is 2.94. The number of para-hydroxylation sites is 1. The van der Waals surface area contributed by atoms with E-state index in [1.54, 1.807) is 30.3 Å². The molecule has 0 radical (unpaired) electrons. The van der Waals surface area contributed by atoms with Crippen molar-refractivity contribution in [2.45, 2.75) is 31.0 Å². The van der Waals surface area contributed by atoms with E-state index in [-0.39, 0.29) is 10.6 Å². The molecule has 0 spiro atoms. The molecule has 8 nitrogen and oxygen atoms in total. The van der Waals surface area contributed by atoms with E-state index in [9.17, 15) is 18.0 Å². The number of amides is 1. The van der Waals surface area contributed by atoms with Crippen molar-refractivity contribution < 1.29 is 27.5 Å². The molecule has 0 aliphatic rings. The van der Waals surface area contributed by atoms with Gasteiger partial charge in [-0.2, -0.15) is 0 Å². The first kappa shape index (κ1) is 22.4. The van der Waals surface area contributed by atoms with Crippen molar-refractivity contribution in [2.24, 2.45) is 0 Å². The average Bonchev–Trinajstić information content (AvgIpc) is 2.68. The van der Waals surface area contributed by atoms with Crippen molar-refractivity contribution in [2.75, 3.05) is 19.4 Å². The van der Waals surface area contributed by atoms with Crippen LogP contribution in [0.15, 0.2) is 59.5 Å². The predicted octanol–water partition coefficient (Wildman–Crippen LogP) is 2.27. The average molecular weight is 420 g/mol. The molecule has 2 aromatic carbocycles. The Morgan fingerprint density at radius 2 is 1.62 bits per heavy atom. The maximum Gasteiger partial charge on any atom is 0.347 e. The van der Waals surface area contributed by atoms with Crippen LogP contribution in [0.3, 0.4) is 0 Å². The fraction of sp³-hybridized carbons (Fsp3) is 0.300. The van der Waals surface area contributed by atoms with Crippen LogP contribution in [0.25, 0.3) is 0 Å². The lowest BCUT2D eigenvalue weighted by Crippen LogP contribution is -2.35. The summed E-state index contributed by atoms with van der Waals surface area (Å²) >= 11 is 0. The highest BCUT2D eigenvalue weighted by atomic mass is 32.2. The quantitative estimate of drug-likeness (QED) is 0.658. The van der Waals surface area contributed by atoms with Crippen molar-refractivity contribution in [3.8, 4) is 5.75 Å². The van der Waals surface area contributed by atoms with Crippen molar-refractivity contribution in [3.05, 3.63) is 54.6 Å². The van der Waals surface area contributed by atoms with Crippen LogP contribution < -0.4 is 10.1 Å². The predicted molar refractivity (Wildman–Crippen MR) is 108 cm³/mol. The number of esters is 1. The summed E-state index contributed by atoms with van der Waals surface area (Å²) in [6, 6.07) is 14.6. The number of anilines is 1. The molecule has 2 aromatic rings. The number of rotatable bonds is 8. The number of nitrogens with one attached hydrogen (secondary N) is 1. The van der Waals surface area contributed by atoms with E-state index >= 15 is 0 Å². The van der Waals surface area contributed by atoms with Crippen LogP contribution in [0, 0.1) is 0 Å². The number of carbonyl (C=O) groups excluding carboxylic acids is 2. The van der Waals surface area contributed by atoms with Crippen LogP contribution in [-0.4, -0.2) is 50.9 Å². The third kappa shape index (κ3) is 6.03. The van der Waals surface area contributed by atoms with E-state index in [1.165, 1.54) is 46.1 Å². The summed E-state index contributed by atoms with van der Waals surface area (Å²) < 4.78 is 36.1. The van der Waals surface area contributed by atoms with Gasteiger partial charge in [0.1, 0.15) is 5.75 Å². The van der Waals surface area contributed by atoms with Crippen molar-refractivity contribution >= 4 is 27.6 Å². The molecule has 0 heterocycles. The van der Waals surface area contributed by atoms with Crippen LogP contribution in [-0.2, 0) is 24.3 Å². The molecule has 0 unspecified atom stereocenters. The second kappa shape index (κ2) is 9.53. The Bertz CT molecular complexity index is 960. The lowest BCUT2D eigenvalue weighted by atomic mass is 10.3. The highest BCUT2D eigenvalue weighted by Gasteiger charge is 2.24. The molecule has 2 rings (SSSR count). The summed E-state index contributed by atoms with van der Waals surface area (Å²) in [6.07, 6.45) is -2.00. The van der Waals surface area contributed by atoms with E-state index < -0.39 is 34.1 Å². The molecule has 9 heteroatoms. The maximum absolute atomic E-state index is 12.3. The number of carbonyl (C=O) groups is 2. The molecule has 2 atom stereocenters. The molecule has 0 bridgehead atoms. The molecule has 0 aliphatic carbocycles. The molecule has 1 amide bonds. The number of benzene rings is 2. The zero-order valence-corrected chi connectivity index (χ0v) is 17.5. The minimum atomic E-state index is -3.64. The third-order valence-corrected chi connectivity index (χ3v) is 5.74. The molecule has 1 N–H and O–H groups in total. The van der Waals surface area contributed by atoms with Gasteiger partial charge in [0.15, 0.2) is 12.2 Å². The fourth-order valence-corrected chi connectivity index (χ4v) is 3.21. The van der Waals surface area contributed by atoms with Gasteiger partial charge in [-0.25, -0.2) is 17.5 Å². The van der Waals surface area contributed by atoms with Crippen LogP contribution in [0.4, 0.5) is 5.69 Å². The van der Waals surface area contributed by atoms with Crippen molar-refractivity contribution in [1.82, 2.24) is 4.31 Å². The molecular formula is C20H24N2O6S. The van der Waals surface area contributed by atoms with Gasteiger partial charge in [0, 0.05) is 19.8 Å². The van der Waals surface area contributed by atoms with Gasteiger partial charge in [-0.15, -0.1) is 0 Å². The highest BCUT2D eigenvalue weighted by molar-refractivity contribution is 7.89. The lowest BCUT2D eigenvalue weighted by molar-refractivity contribution is -0.159. The van der Waals surface area contributed by atoms with E-state index in [4.69, 9.17) is 9.47 Å². The first-order chi connectivity index (χ1) is 13.6. The lowest BCUT2D eigenvalue weighted by Gasteiger charge is -2.18. The van der Waals surface area contributed by atoms with Crippen LogP contribution in [0.1, 0.15) is 13.8 Å². The summed E-state index contributed by atoms with van der Waals surface area (Å²) in [7, 11) is -0.800. The van der Waals surface area contributed by atoms with E-state index in [0.717, 1.165) is 4.31 Å². The molecule has 0 aromatic heterocycles. The largest absolute Gasteiger partial charge is 0.479 e. The topological polar surface area (TPSA) is 102 Å². The van der Waals surface area contributed by atoms with Gasteiger partial charge in [-0.3, -0.25) is 4.79 Å². The van der Waals surface area contributed by atoms with Crippen LogP contribution in [0.5, 0.6) is 5.75 Å². The third-order valence-electron chi connectivity index (χ3n) is 3.93. The number of hydrogen-bond acceptors (Lipinski definition) is 6. The fourth-order valence-electron chi connectivity index (χ4n) is 2.26. The molecule has 0 saturated carbocycles. The van der Waals surface area contributed by atoms with Gasteiger partial charge in [0.25, 0.3) is 5.91 Å². The van der Waals surface area contributed by atoms with Gasteiger partial charge >= 0.3 is 5.97 Å². The molecule has 0 fully saturated rings. The number of sulfonamides is 1. The Morgan fingerprint density at radius 3 is 2.24 bits per heavy atom. The minimum Gasteiger partial charge on any atom is -0.479 e. The number of nitrogens with zero attached hydrogens (tertiary/aromatic N) is 1. The van der Waals surface area contributed by atoms with Crippen molar-refractivity contribution in [1.29, 1.82) is 0 Å². The highest BCUT2D eigenvalue weighted by Crippen LogP contribution is 2.18. The molecule has 0 aliphatic heterocycles. The zero-order valence-electron chi connectivity index (χ0n) is 16.7. The van der Waals surface area contributed by atoms with Crippen LogP contribution in [0.2, 0.25) is 0 Å². The van der Waals surface area contributed by atoms with E-state index in [0.29, 0.717) is 5.75 Å². The van der Waals surface area contributed by atoms with Crippen molar-refractivity contribution in [3.63, 3.8) is 0 Å². The number of ether oxygens (including phenoxy) is 2. The van der Waals surface area contributed by atoms with Gasteiger partial charge in [0.2, 0.25) is 10.0 Å². The number of hydrogen-bond donors (Lipinski definition) is 1. The second-order valence-electron chi connectivity index (χ2n) is 6.46. The van der Waals surface area contributed by atoms with Crippen LogP contribution >= 0.6 is 0 Å². The maximum atomic E-state index is 12.3. The normalized spacial score (nSPS) is 13.4. The Labute approximate surface area is 170 Å². The Hall–Kier alpha value is -2.91. The summed E-state index contributed by atoms with van der Waals surface area (Å²) in [5.41, 5.74) is 0.273. The smallest absolute Gasteiger partial charge is 0.347 e.